The first-order valence-corrected chi connectivity index (χ1v) is 8.75. The minimum atomic E-state index is -0.570. The molecule has 3 N–H and O–H groups in total. The molecule has 0 saturated carbocycles. The summed E-state index contributed by atoms with van der Waals surface area (Å²) in [5, 5.41) is 8.11. The quantitative estimate of drug-likeness (QED) is 0.598. The number of nitrogens with zero attached hydrogens (tertiary/aromatic N) is 3. The zero-order valence-electron chi connectivity index (χ0n) is 16.1. The Bertz CT molecular complexity index is 1070. The molecule has 28 heavy (non-hydrogen) atoms. The van der Waals surface area contributed by atoms with Crippen molar-refractivity contribution in [2.45, 2.75) is 26.7 Å². The molecule has 0 unspecified atom stereocenters. The number of carbonyl (C=O) groups is 1. The van der Waals surface area contributed by atoms with Crippen LogP contribution in [0.5, 0.6) is 11.5 Å². The average molecular weight is 386 g/mol. The van der Waals surface area contributed by atoms with Crippen LogP contribution in [0, 0.1) is 6.92 Å². The van der Waals surface area contributed by atoms with Gasteiger partial charge >= 0.3 is 6.03 Å². The molecule has 0 aliphatic rings. The van der Waals surface area contributed by atoms with Crippen molar-refractivity contribution >= 4 is 23.2 Å². The van der Waals surface area contributed by atoms with E-state index >= 15 is 0 Å². The van der Waals surface area contributed by atoms with Crippen molar-refractivity contribution in [3.63, 3.8) is 0 Å². The highest BCUT2D eigenvalue weighted by molar-refractivity contribution is 6.00. The van der Waals surface area contributed by atoms with Crippen LogP contribution >= 0.6 is 0 Å². The maximum atomic E-state index is 12.8. The van der Waals surface area contributed by atoms with E-state index in [-0.39, 0.29) is 11.5 Å². The highest BCUT2D eigenvalue weighted by atomic mass is 16.5. The van der Waals surface area contributed by atoms with Crippen LogP contribution < -0.4 is 25.7 Å². The van der Waals surface area contributed by atoms with Crippen LogP contribution in [0.1, 0.15) is 24.9 Å². The lowest BCUT2D eigenvalue weighted by molar-refractivity contribution is 0.262. The molecule has 0 spiro atoms. The van der Waals surface area contributed by atoms with E-state index in [0.29, 0.717) is 35.1 Å². The van der Waals surface area contributed by atoms with Gasteiger partial charge in [-0.1, -0.05) is 13.3 Å². The molecule has 0 radical (unpaired) electrons. The summed E-state index contributed by atoms with van der Waals surface area (Å²) in [4.78, 5) is 33.9. The Morgan fingerprint density at radius 1 is 1.18 bits per heavy atom. The summed E-state index contributed by atoms with van der Waals surface area (Å²) in [6.07, 6.45) is 1.29. The van der Waals surface area contributed by atoms with Gasteiger partial charge < -0.3 is 20.1 Å². The molecular weight excluding hydrogens is 364 g/mol. The van der Waals surface area contributed by atoms with Crippen LogP contribution in [0.15, 0.2) is 23.0 Å². The number of urea groups is 1. The number of hydrogen-bond donors (Lipinski definition) is 3. The maximum absolute atomic E-state index is 12.8. The third-order valence-electron chi connectivity index (χ3n) is 4.05. The summed E-state index contributed by atoms with van der Waals surface area (Å²) >= 11 is 0. The summed E-state index contributed by atoms with van der Waals surface area (Å²) in [7, 11) is 3.04. The number of methoxy groups -OCH3 is 2. The summed E-state index contributed by atoms with van der Waals surface area (Å²) in [6.45, 7) is 3.69. The van der Waals surface area contributed by atoms with Gasteiger partial charge in [0, 0.05) is 11.8 Å². The Morgan fingerprint density at radius 3 is 2.61 bits per heavy atom. The predicted octanol–water partition coefficient (Wildman–Crippen LogP) is 2.34. The molecular formula is C18H22N6O4. The lowest BCUT2D eigenvalue weighted by Crippen LogP contribution is -2.28. The van der Waals surface area contributed by atoms with Crippen LogP contribution in [0.2, 0.25) is 0 Å². The minimum Gasteiger partial charge on any atom is -0.493 e. The molecule has 148 valence electrons. The number of anilines is 2. The minimum absolute atomic E-state index is 0.112. The van der Waals surface area contributed by atoms with E-state index in [1.807, 2.05) is 6.92 Å². The number of nitrogens with one attached hydrogen (secondary N) is 3. The van der Waals surface area contributed by atoms with Gasteiger partial charge in [-0.15, -0.1) is 0 Å². The smallest absolute Gasteiger partial charge is 0.323 e. The van der Waals surface area contributed by atoms with Gasteiger partial charge in [-0.25, -0.2) is 9.78 Å². The number of ether oxygens (including phenoxy) is 2. The molecule has 2 amide bonds. The van der Waals surface area contributed by atoms with Crippen LogP contribution in [-0.2, 0) is 6.42 Å². The fraction of sp³-hybridized carbons (Fsp3) is 0.333. The van der Waals surface area contributed by atoms with Gasteiger partial charge in [-0.05, 0) is 25.5 Å². The standard InChI is InChI=1S/C18H22N6O4/c1-5-6-12-15(16(25)24-17(21-12)19-10(2)23-24)22-18(26)20-11-7-8-13(27-3)14(9-11)28-4/h7-9H,5-6H2,1-4H3,(H,19,21,23)(H2,20,22,26). The second-order valence-corrected chi connectivity index (χ2v) is 6.08. The molecule has 10 heteroatoms. The van der Waals surface area contributed by atoms with Crippen molar-refractivity contribution < 1.29 is 14.3 Å². The topological polar surface area (TPSA) is 123 Å². The van der Waals surface area contributed by atoms with Gasteiger partial charge in [0.05, 0.1) is 19.9 Å². The van der Waals surface area contributed by atoms with E-state index in [9.17, 15) is 9.59 Å². The number of aryl methyl sites for hydroxylation is 2. The lowest BCUT2D eigenvalue weighted by Gasteiger charge is -2.12. The normalized spacial score (nSPS) is 10.7. The molecule has 0 aliphatic carbocycles. The van der Waals surface area contributed by atoms with Crippen LogP contribution in [0.3, 0.4) is 0 Å². The van der Waals surface area contributed by atoms with Crippen LogP contribution in [-0.4, -0.2) is 39.8 Å². The number of hydrogen-bond acceptors (Lipinski definition) is 6. The number of H-pyrrole nitrogens is 1. The third kappa shape index (κ3) is 3.75. The molecule has 3 rings (SSSR count). The first-order chi connectivity index (χ1) is 13.5. The first kappa shape index (κ1) is 19.2. The zero-order chi connectivity index (χ0) is 20.3. The Labute approximate surface area is 160 Å². The van der Waals surface area contributed by atoms with Crippen LogP contribution in [0.25, 0.3) is 5.78 Å². The number of carbonyl (C=O) groups excluding carboxylic acids is 1. The highest BCUT2D eigenvalue weighted by Crippen LogP contribution is 2.29. The van der Waals surface area contributed by atoms with Crippen LogP contribution in [0.4, 0.5) is 16.2 Å². The van der Waals surface area contributed by atoms with Gasteiger partial charge in [0.25, 0.3) is 11.3 Å². The van der Waals surface area contributed by atoms with Gasteiger partial charge in [-0.3, -0.25) is 9.89 Å². The van der Waals surface area contributed by atoms with Crippen molar-refractivity contribution in [2.24, 2.45) is 0 Å². The number of aromatic amines is 1. The van der Waals surface area contributed by atoms with E-state index in [2.05, 4.69) is 25.7 Å². The Hall–Kier alpha value is -3.56. The van der Waals surface area contributed by atoms with Crippen molar-refractivity contribution in [1.29, 1.82) is 0 Å². The number of amides is 2. The highest BCUT2D eigenvalue weighted by Gasteiger charge is 2.17. The maximum Gasteiger partial charge on any atom is 0.323 e. The molecule has 0 saturated heterocycles. The number of benzene rings is 1. The lowest BCUT2D eigenvalue weighted by atomic mass is 10.2. The summed E-state index contributed by atoms with van der Waals surface area (Å²) in [6, 6.07) is 4.39. The number of aromatic nitrogens is 4. The van der Waals surface area contributed by atoms with E-state index in [1.54, 1.807) is 25.1 Å². The fourth-order valence-corrected chi connectivity index (χ4v) is 2.80. The summed E-state index contributed by atoms with van der Waals surface area (Å²) in [5.74, 6) is 1.85. The molecule has 2 aromatic heterocycles. The van der Waals surface area contributed by atoms with E-state index in [4.69, 9.17) is 9.47 Å². The number of rotatable bonds is 6. The molecule has 0 bridgehead atoms. The van der Waals surface area contributed by atoms with Gasteiger partial charge in [0.2, 0.25) is 0 Å². The van der Waals surface area contributed by atoms with Crippen molar-refractivity contribution in [3.05, 3.63) is 40.1 Å². The predicted molar refractivity (Wildman–Crippen MR) is 105 cm³/mol. The SMILES string of the molecule is CCCc1nc2nc(C)[nH]n2c(=O)c1NC(=O)Nc1ccc(OC)c(OC)c1. The molecule has 0 aliphatic heterocycles. The first-order valence-electron chi connectivity index (χ1n) is 8.75. The Kier molecular flexibility index (Phi) is 5.48. The van der Waals surface area contributed by atoms with Gasteiger partial charge in [0.1, 0.15) is 11.5 Å². The van der Waals surface area contributed by atoms with Gasteiger partial charge in [-0.2, -0.15) is 9.50 Å². The van der Waals surface area contributed by atoms with Crippen molar-refractivity contribution in [3.8, 4) is 11.5 Å². The average Bonchev–Trinajstić information content (AvgIpc) is 3.05. The second kappa shape index (κ2) is 7.99. The third-order valence-corrected chi connectivity index (χ3v) is 4.05. The molecule has 0 atom stereocenters. The van der Waals surface area contributed by atoms with E-state index in [1.165, 1.54) is 18.7 Å². The van der Waals surface area contributed by atoms with E-state index < -0.39 is 11.6 Å². The van der Waals surface area contributed by atoms with Crippen molar-refractivity contribution in [2.75, 3.05) is 24.9 Å². The largest absolute Gasteiger partial charge is 0.493 e. The molecule has 2 heterocycles. The Balaban J connectivity index is 1.89. The second-order valence-electron chi connectivity index (χ2n) is 6.08. The van der Waals surface area contributed by atoms with E-state index in [0.717, 1.165) is 6.42 Å². The number of fused-ring (bicyclic) bond motifs is 1. The van der Waals surface area contributed by atoms with Gasteiger partial charge in [0.15, 0.2) is 11.5 Å². The van der Waals surface area contributed by atoms with Crippen molar-refractivity contribution in [1.82, 2.24) is 19.6 Å². The molecule has 3 aromatic rings. The fourth-order valence-electron chi connectivity index (χ4n) is 2.80. The molecule has 1 aromatic carbocycles. The summed E-state index contributed by atoms with van der Waals surface area (Å²) < 4.78 is 11.6. The summed E-state index contributed by atoms with van der Waals surface area (Å²) in [5.41, 5.74) is 0.665. The monoisotopic (exact) mass is 386 g/mol. The Morgan fingerprint density at radius 2 is 1.93 bits per heavy atom. The molecule has 0 fully saturated rings. The molecule has 10 nitrogen and oxygen atoms in total. The zero-order valence-corrected chi connectivity index (χ0v) is 16.1.